The number of hydrogen-bond acceptors (Lipinski definition) is 2. The third-order valence-electron chi connectivity index (χ3n) is 2.14. The summed E-state index contributed by atoms with van der Waals surface area (Å²) in [4.78, 5) is 2.12. The second-order valence-corrected chi connectivity index (χ2v) is 3.83. The summed E-state index contributed by atoms with van der Waals surface area (Å²) < 4.78 is 0. The monoisotopic (exact) mass is 188 g/mol. The van der Waals surface area contributed by atoms with Gasteiger partial charge in [-0.25, -0.2) is 0 Å². The second-order valence-electron chi connectivity index (χ2n) is 3.83. The van der Waals surface area contributed by atoms with Crippen LogP contribution in [-0.4, -0.2) is 19.0 Å². The second kappa shape index (κ2) is 4.78. The van der Waals surface area contributed by atoms with E-state index in [4.69, 9.17) is 5.26 Å². The summed E-state index contributed by atoms with van der Waals surface area (Å²) in [6.45, 7) is 2.85. The van der Waals surface area contributed by atoms with Crippen LogP contribution in [0.15, 0.2) is 24.3 Å². The molecule has 2 heteroatoms. The SMILES string of the molecule is CC(C#N)c1cccc(CN(C)C)c1. The van der Waals surface area contributed by atoms with E-state index in [1.165, 1.54) is 5.56 Å². The van der Waals surface area contributed by atoms with Crippen LogP contribution in [0.2, 0.25) is 0 Å². The smallest absolute Gasteiger partial charge is 0.0700 e. The van der Waals surface area contributed by atoms with Crippen LogP contribution in [0.3, 0.4) is 0 Å². The summed E-state index contributed by atoms with van der Waals surface area (Å²) in [5.41, 5.74) is 2.36. The molecule has 14 heavy (non-hydrogen) atoms. The highest BCUT2D eigenvalue weighted by molar-refractivity contribution is 5.29. The highest BCUT2D eigenvalue weighted by Crippen LogP contribution is 2.16. The number of nitriles is 1. The molecule has 1 rings (SSSR count). The summed E-state index contributed by atoms with van der Waals surface area (Å²) in [5.74, 6) is -0.0166. The number of nitrogens with zero attached hydrogens (tertiary/aromatic N) is 2. The maximum absolute atomic E-state index is 8.80. The molecule has 0 aliphatic heterocycles. The van der Waals surface area contributed by atoms with Gasteiger partial charge in [-0.1, -0.05) is 24.3 Å². The van der Waals surface area contributed by atoms with E-state index in [1.54, 1.807) is 0 Å². The first kappa shape index (κ1) is 10.7. The van der Waals surface area contributed by atoms with E-state index < -0.39 is 0 Å². The Morgan fingerprint density at radius 1 is 1.43 bits per heavy atom. The third kappa shape index (κ3) is 2.86. The topological polar surface area (TPSA) is 27.0 Å². The van der Waals surface area contributed by atoms with Crippen LogP contribution in [-0.2, 0) is 6.54 Å². The Balaban J connectivity index is 2.85. The molecule has 0 radical (unpaired) electrons. The Kier molecular flexibility index (Phi) is 3.67. The Bertz CT molecular complexity index is 336. The van der Waals surface area contributed by atoms with Gasteiger partial charge >= 0.3 is 0 Å². The van der Waals surface area contributed by atoms with Crippen LogP contribution < -0.4 is 0 Å². The standard InChI is InChI=1S/C12H16N2/c1-10(8-13)12-6-4-5-11(7-12)9-14(2)3/h4-7,10H,9H2,1-3H3. The van der Waals surface area contributed by atoms with E-state index in [9.17, 15) is 0 Å². The Morgan fingerprint density at radius 3 is 2.71 bits per heavy atom. The molecule has 1 unspecified atom stereocenters. The Morgan fingerprint density at radius 2 is 2.14 bits per heavy atom. The molecule has 74 valence electrons. The molecule has 1 aromatic rings. The highest BCUT2D eigenvalue weighted by atomic mass is 15.0. The molecule has 0 saturated carbocycles. The van der Waals surface area contributed by atoms with E-state index in [1.807, 2.05) is 33.2 Å². The van der Waals surface area contributed by atoms with Gasteiger partial charge in [0.05, 0.1) is 12.0 Å². The molecule has 0 fully saturated rings. The predicted molar refractivity (Wildman–Crippen MR) is 57.9 cm³/mol. The largest absolute Gasteiger partial charge is 0.305 e. The van der Waals surface area contributed by atoms with Crippen molar-refractivity contribution in [2.45, 2.75) is 19.4 Å². The van der Waals surface area contributed by atoms with Crippen LogP contribution in [0.1, 0.15) is 24.0 Å². The normalized spacial score (nSPS) is 12.5. The Hall–Kier alpha value is -1.33. The minimum Gasteiger partial charge on any atom is -0.305 e. The van der Waals surface area contributed by atoms with Gasteiger partial charge in [0.15, 0.2) is 0 Å². The van der Waals surface area contributed by atoms with E-state index in [0.717, 1.165) is 12.1 Å². The Labute approximate surface area is 85.8 Å². The molecule has 0 saturated heterocycles. The van der Waals surface area contributed by atoms with Crippen LogP contribution in [0.5, 0.6) is 0 Å². The zero-order valence-electron chi connectivity index (χ0n) is 8.99. The zero-order valence-corrected chi connectivity index (χ0v) is 8.99. The summed E-state index contributed by atoms with van der Waals surface area (Å²) in [5, 5.41) is 8.80. The minimum absolute atomic E-state index is 0.0166. The highest BCUT2D eigenvalue weighted by Gasteiger charge is 2.04. The maximum atomic E-state index is 8.80. The third-order valence-corrected chi connectivity index (χ3v) is 2.14. The molecule has 0 aromatic heterocycles. The number of benzene rings is 1. The number of rotatable bonds is 3. The molecule has 0 heterocycles. The fourth-order valence-corrected chi connectivity index (χ4v) is 1.40. The van der Waals surface area contributed by atoms with Crippen molar-refractivity contribution in [1.82, 2.24) is 4.90 Å². The average Bonchev–Trinajstić information content (AvgIpc) is 2.16. The molecule has 0 aliphatic carbocycles. The van der Waals surface area contributed by atoms with E-state index in [0.29, 0.717) is 0 Å². The fourth-order valence-electron chi connectivity index (χ4n) is 1.40. The molecular weight excluding hydrogens is 172 g/mol. The van der Waals surface area contributed by atoms with Crippen LogP contribution in [0.4, 0.5) is 0 Å². The lowest BCUT2D eigenvalue weighted by atomic mass is 10.0. The van der Waals surface area contributed by atoms with Gasteiger partial charge in [-0.15, -0.1) is 0 Å². The lowest BCUT2D eigenvalue weighted by molar-refractivity contribution is 0.402. The minimum atomic E-state index is -0.0166. The van der Waals surface area contributed by atoms with Crippen molar-refractivity contribution in [3.8, 4) is 6.07 Å². The summed E-state index contributed by atoms with van der Waals surface area (Å²) >= 11 is 0. The molecule has 0 spiro atoms. The van der Waals surface area contributed by atoms with Crippen molar-refractivity contribution < 1.29 is 0 Å². The lowest BCUT2D eigenvalue weighted by Crippen LogP contribution is -2.10. The molecule has 0 N–H and O–H groups in total. The quantitative estimate of drug-likeness (QED) is 0.728. The van der Waals surface area contributed by atoms with Gasteiger partial charge in [-0.3, -0.25) is 0 Å². The van der Waals surface area contributed by atoms with Gasteiger partial charge < -0.3 is 4.90 Å². The fraction of sp³-hybridized carbons (Fsp3) is 0.417. The molecule has 2 nitrogen and oxygen atoms in total. The van der Waals surface area contributed by atoms with Crippen LogP contribution >= 0.6 is 0 Å². The van der Waals surface area contributed by atoms with E-state index in [-0.39, 0.29) is 5.92 Å². The average molecular weight is 188 g/mol. The van der Waals surface area contributed by atoms with Gasteiger partial charge in [0.25, 0.3) is 0 Å². The summed E-state index contributed by atoms with van der Waals surface area (Å²) in [7, 11) is 4.08. The van der Waals surface area contributed by atoms with Crippen molar-refractivity contribution in [3.63, 3.8) is 0 Å². The number of hydrogen-bond donors (Lipinski definition) is 0. The van der Waals surface area contributed by atoms with Crippen molar-refractivity contribution in [3.05, 3.63) is 35.4 Å². The van der Waals surface area contributed by atoms with Crippen molar-refractivity contribution in [1.29, 1.82) is 5.26 Å². The summed E-state index contributed by atoms with van der Waals surface area (Å²) in [6, 6.07) is 10.5. The van der Waals surface area contributed by atoms with Gasteiger partial charge in [0.1, 0.15) is 0 Å². The molecule has 1 atom stereocenters. The van der Waals surface area contributed by atoms with Gasteiger partial charge in [0.2, 0.25) is 0 Å². The van der Waals surface area contributed by atoms with E-state index >= 15 is 0 Å². The van der Waals surface area contributed by atoms with Gasteiger partial charge in [0, 0.05) is 6.54 Å². The summed E-state index contributed by atoms with van der Waals surface area (Å²) in [6.07, 6.45) is 0. The zero-order chi connectivity index (χ0) is 10.6. The predicted octanol–water partition coefficient (Wildman–Crippen LogP) is 2.38. The molecule has 0 bridgehead atoms. The molecule has 0 amide bonds. The molecular formula is C12H16N2. The molecule has 1 aromatic carbocycles. The van der Waals surface area contributed by atoms with Crippen molar-refractivity contribution in [2.24, 2.45) is 0 Å². The van der Waals surface area contributed by atoms with Crippen molar-refractivity contribution >= 4 is 0 Å². The van der Waals surface area contributed by atoms with E-state index in [2.05, 4.69) is 23.1 Å². The first-order valence-corrected chi connectivity index (χ1v) is 4.76. The first-order chi connectivity index (χ1) is 6.63. The van der Waals surface area contributed by atoms with Crippen LogP contribution in [0.25, 0.3) is 0 Å². The van der Waals surface area contributed by atoms with Gasteiger partial charge in [-0.05, 0) is 32.1 Å². The maximum Gasteiger partial charge on any atom is 0.0700 e. The van der Waals surface area contributed by atoms with Crippen molar-refractivity contribution in [2.75, 3.05) is 14.1 Å². The first-order valence-electron chi connectivity index (χ1n) is 4.76. The van der Waals surface area contributed by atoms with Crippen LogP contribution in [0, 0.1) is 11.3 Å². The lowest BCUT2D eigenvalue weighted by Gasteiger charge is -2.11. The molecule has 0 aliphatic rings. The van der Waals surface area contributed by atoms with Gasteiger partial charge in [-0.2, -0.15) is 5.26 Å².